The van der Waals surface area contributed by atoms with Gasteiger partial charge < -0.3 is 10.6 Å². The molecule has 2 N–H and O–H groups in total. The summed E-state index contributed by atoms with van der Waals surface area (Å²) >= 11 is 0. The number of carbonyl (C=O) groups excluding carboxylic acids is 2. The molecular formula is C23H31N3O2. The first-order valence-electron chi connectivity index (χ1n) is 9.78. The minimum atomic E-state index is -0.436. The maximum atomic E-state index is 12.7. The summed E-state index contributed by atoms with van der Waals surface area (Å²) in [5.74, 6) is 0.0946. The SMILES string of the molecule is CC[C@H](C)c1ccccc1NC(=O)[C@H](C)N(C)CC(=O)Nc1ccc(C)cc1. The van der Waals surface area contributed by atoms with E-state index in [1.807, 2.05) is 55.5 Å². The summed E-state index contributed by atoms with van der Waals surface area (Å²) in [6, 6.07) is 15.1. The van der Waals surface area contributed by atoms with Crippen LogP contribution < -0.4 is 10.6 Å². The number of benzene rings is 2. The first-order chi connectivity index (χ1) is 13.3. The van der Waals surface area contributed by atoms with Crippen molar-refractivity contribution in [1.82, 2.24) is 4.90 Å². The van der Waals surface area contributed by atoms with Crippen molar-refractivity contribution < 1.29 is 9.59 Å². The van der Waals surface area contributed by atoms with Gasteiger partial charge in [0.25, 0.3) is 0 Å². The highest BCUT2D eigenvalue weighted by Gasteiger charge is 2.21. The number of carbonyl (C=O) groups is 2. The lowest BCUT2D eigenvalue weighted by Gasteiger charge is -2.24. The Kier molecular flexibility index (Phi) is 7.76. The van der Waals surface area contributed by atoms with Crippen LogP contribution in [-0.4, -0.2) is 36.3 Å². The normalized spacial score (nSPS) is 13.1. The molecule has 0 aliphatic heterocycles. The van der Waals surface area contributed by atoms with E-state index in [0.29, 0.717) is 5.92 Å². The third-order valence-corrected chi connectivity index (χ3v) is 5.13. The number of para-hydroxylation sites is 1. The highest BCUT2D eigenvalue weighted by atomic mass is 16.2. The molecule has 0 unspecified atom stereocenters. The topological polar surface area (TPSA) is 61.4 Å². The van der Waals surface area contributed by atoms with Crippen LogP contribution in [0.5, 0.6) is 0 Å². The largest absolute Gasteiger partial charge is 0.325 e. The number of hydrogen-bond acceptors (Lipinski definition) is 3. The van der Waals surface area contributed by atoms with Gasteiger partial charge in [0.15, 0.2) is 0 Å². The van der Waals surface area contributed by atoms with Gasteiger partial charge in [-0.2, -0.15) is 0 Å². The number of likely N-dealkylation sites (N-methyl/N-ethyl adjacent to an activating group) is 1. The van der Waals surface area contributed by atoms with Crippen LogP contribution in [0.25, 0.3) is 0 Å². The highest BCUT2D eigenvalue weighted by Crippen LogP contribution is 2.26. The summed E-state index contributed by atoms with van der Waals surface area (Å²) in [6.07, 6.45) is 1.00. The molecule has 5 nitrogen and oxygen atoms in total. The third-order valence-electron chi connectivity index (χ3n) is 5.13. The average molecular weight is 382 g/mol. The quantitative estimate of drug-likeness (QED) is 0.712. The van der Waals surface area contributed by atoms with Gasteiger partial charge in [0.1, 0.15) is 0 Å². The number of hydrogen-bond donors (Lipinski definition) is 2. The summed E-state index contributed by atoms with van der Waals surface area (Å²) in [6.45, 7) is 8.22. The molecule has 28 heavy (non-hydrogen) atoms. The van der Waals surface area contributed by atoms with Crippen LogP contribution in [0.1, 0.15) is 44.2 Å². The molecule has 150 valence electrons. The molecule has 0 heterocycles. The lowest BCUT2D eigenvalue weighted by Crippen LogP contribution is -2.43. The molecule has 2 aromatic carbocycles. The summed E-state index contributed by atoms with van der Waals surface area (Å²) in [4.78, 5) is 26.7. The maximum Gasteiger partial charge on any atom is 0.241 e. The van der Waals surface area contributed by atoms with Gasteiger partial charge in [-0.25, -0.2) is 0 Å². The second kappa shape index (κ2) is 10.0. The molecule has 5 heteroatoms. The van der Waals surface area contributed by atoms with Gasteiger partial charge in [-0.3, -0.25) is 14.5 Å². The van der Waals surface area contributed by atoms with Crippen molar-refractivity contribution >= 4 is 23.2 Å². The van der Waals surface area contributed by atoms with Crippen molar-refractivity contribution in [2.24, 2.45) is 0 Å². The third kappa shape index (κ3) is 5.92. The predicted molar refractivity (Wildman–Crippen MR) is 116 cm³/mol. The van der Waals surface area contributed by atoms with Crippen molar-refractivity contribution in [1.29, 1.82) is 0 Å². The predicted octanol–water partition coefficient (Wildman–Crippen LogP) is 4.41. The van der Waals surface area contributed by atoms with E-state index in [2.05, 4.69) is 24.5 Å². The van der Waals surface area contributed by atoms with Crippen LogP contribution in [-0.2, 0) is 9.59 Å². The molecule has 0 aromatic heterocycles. The van der Waals surface area contributed by atoms with Crippen molar-refractivity contribution in [2.75, 3.05) is 24.2 Å². The minimum Gasteiger partial charge on any atom is -0.325 e. The Morgan fingerprint density at radius 2 is 1.64 bits per heavy atom. The fourth-order valence-electron chi connectivity index (χ4n) is 2.90. The van der Waals surface area contributed by atoms with Crippen molar-refractivity contribution in [3.8, 4) is 0 Å². The lowest BCUT2D eigenvalue weighted by molar-refractivity contribution is -0.122. The smallest absolute Gasteiger partial charge is 0.241 e. The van der Waals surface area contributed by atoms with Crippen molar-refractivity contribution in [2.45, 2.75) is 46.1 Å². The number of anilines is 2. The van der Waals surface area contributed by atoms with Gasteiger partial charge in [0.2, 0.25) is 11.8 Å². The van der Waals surface area contributed by atoms with E-state index < -0.39 is 6.04 Å². The molecule has 2 atom stereocenters. The zero-order valence-corrected chi connectivity index (χ0v) is 17.5. The molecular weight excluding hydrogens is 350 g/mol. The average Bonchev–Trinajstić information content (AvgIpc) is 2.68. The van der Waals surface area contributed by atoms with E-state index in [0.717, 1.165) is 28.9 Å². The highest BCUT2D eigenvalue weighted by molar-refractivity contribution is 5.96. The van der Waals surface area contributed by atoms with E-state index in [1.54, 1.807) is 18.9 Å². The summed E-state index contributed by atoms with van der Waals surface area (Å²) in [5.41, 5.74) is 3.86. The minimum absolute atomic E-state index is 0.124. The second-order valence-electron chi connectivity index (χ2n) is 7.39. The van der Waals surface area contributed by atoms with Gasteiger partial charge in [-0.1, -0.05) is 49.7 Å². The number of nitrogens with one attached hydrogen (secondary N) is 2. The van der Waals surface area contributed by atoms with Crippen LogP contribution in [0.4, 0.5) is 11.4 Å². The Morgan fingerprint density at radius 3 is 2.29 bits per heavy atom. The van der Waals surface area contributed by atoms with Gasteiger partial charge in [-0.05, 0) is 57.0 Å². The molecule has 0 spiro atoms. The molecule has 0 bridgehead atoms. The molecule has 2 rings (SSSR count). The van der Waals surface area contributed by atoms with Gasteiger partial charge in [0.05, 0.1) is 12.6 Å². The molecule has 0 fully saturated rings. The van der Waals surface area contributed by atoms with Crippen molar-refractivity contribution in [3.05, 3.63) is 59.7 Å². The molecule has 0 aliphatic carbocycles. The van der Waals surface area contributed by atoms with Crippen LogP contribution in [0.15, 0.2) is 48.5 Å². The zero-order chi connectivity index (χ0) is 20.7. The molecule has 0 radical (unpaired) electrons. The first-order valence-corrected chi connectivity index (χ1v) is 9.78. The number of nitrogens with zero attached hydrogens (tertiary/aromatic N) is 1. The fourth-order valence-corrected chi connectivity index (χ4v) is 2.90. The monoisotopic (exact) mass is 381 g/mol. The van der Waals surface area contributed by atoms with Gasteiger partial charge in [0, 0.05) is 11.4 Å². The number of amides is 2. The van der Waals surface area contributed by atoms with Crippen LogP contribution in [0.3, 0.4) is 0 Å². The molecule has 2 aromatic rings. The Balaban J connectivity index is 1.95. The van der Waals surface area contributed by atoms with E-state index in [1.165, 1.54) is 0 Å². The molecule has 0 aliphatic rings. The number of rotatable bonds is 8. The Labute approximate surface area is 168 Å². The number of aryl methyl sites for hydroxylation is 1. The zero-order valence-electron chi connectivity index (χ0n) is 17.5. The van der Waals surface area contributed by atoms with Crippen molar-refractivity contribution in [3.63, 3.8) is 0 Å². The molecule has 0 saturated heterocycles. The molecule has 2 amide bonds. The summed E-state index contributed by atoms with van der Waals surface area (Å²) in [5, 5.41) is 5.89. The Morgan fingerprint density at radius 1 is 1.00 bits per heavy atom. The van der Waals surface area contributed by atoms with Crippen LogP contribution in [0.2, 0.25) is 0 Å². The van der Waals surface area contributed by atoms with Crippen LogP contribution in [0, 0.1) is 6.92 Å². The van der Waals surface area contributed by atoms with Gasteiger partial charge >= 0.3 is 0 Å². The lowest BCUT2D eigenvalue weighted by atomic mass is 9.97. The first kappa shape index (κ1) is 21.6. The van der Waals surface area contributed by atoms with Gasteiger partial charge in [-0.15, -0.1) is 0 Å². The standard InChI is InChI=1S/C23H31N3O2/c1-6-17(3)20-9-7-8-10-21(20)25-23(28)18(4)26(5)15-22(27)24-19-13-11-16(2)12-14-19/h7-14,17-18H,6,15H2,1-5H3,(H,24,27)(H,25,28)/t17-,18-/m0/s1. The summed E-state index contributed by atoms with van der Waals surface area (Å²) < 4.78 is 0. The Hall–Kier alpha value is -2.66. The molecule has 0 saturated carbocycles. The Bertz CT molecular complexity index is 802. The van der Waals surface area contributed by atoms with Crippen LogP contribution >= 0.6 is 0 Å². The van der Waals surface area contributed by atoms with E-state index in [-0.39, 0.29) is 18.4 Å². The van der Waals surface area contributed by atoms with E-state index in [9.17, 15) is 9.59 Å². The maximum absolute atomic E-state index is 12.7. The van der Waals surface area contributed by atoms with E-state index in [4.69, 9.17) is 0 Å². The van der Waals surface area contributed by atoms with E-state index >= 15 is 0 Å². The summed E-state index contributed by atoms with van der Waals surface area (Å²) in [7, 11) is 1.78. The fraction of sp³-hybridized carbons (Fsp3) is 0.391. The second-order valence-corrected chi connectivity index (χ2v) is 7.39.